The summed E-state index contributed by atoms with van der Waals surface area (Å²) in [5.74, 6) is -3.82. The van der Waals surface area contributed by atoms with E-state index in [1.165, 1.54) is 13.2 Å². The van der Waals surface area contributed by atoms with Gasteiger partial charge in [0.2, 0.25) is 0 Å². The van der Waals surface area contributed by atoms with Gasteiger partial charge in [-0.3, -0.25) is 4.79 Å². The van der Waals surface area contributed by atoms with E-state index < -0.39 is 28.9 Å². The average molecular weight is 296 g/mol. The molecule has 3 N–H and O–H groups in total. The van der Waals surface area contributed by atoms with Crippen molar-refractivity contribution in [3.05, 3.63) is 53.3 Å². The van der Waals surface area contributed by atoms with Crippen LogP contribution in [0.15, 0.2) is 30.3 Å². The maximum atomic E-state index is 13.7. The van der Waals surface area contributed by atoms with E-state index in [-0.39, 0.29) is 17.1 Å². The molecule has 0 aliphatic heterocycles. The molecular weight excluding hydrogens is 285 g/mol. The molecule has 0 saturated heterocycles. The van der Waals surface area contributed by atoms with Crippen molar-refractivity contribution in [3.8, 4) is 5.75 Å². The molecule has 7 heteroatoms. The number of nitrogen functional groups attached to an aromatic ring is 1. The van der Waals surface area contributed by atoms with E-state index in [0.29, 0.717) is 0 Å². The maximum absolute atomic E-state index is 13.7. The fraction of sp³-hybridized carbons (Fsp3) is 0.0714. The molecule has 0 fully saturated rings. The summed E-state index contributed by atoms with van der Waals surface area (Å²) in [5, 5.41) is 2.25. The summed E-state index contributed by atoms with van der Waals surface area (Å²) >= 11 is 0. The first-order valence-corrected chi connectivity index (χ1v) is 5.82. The van der Waals surface area contributed by atoms with Gasteiger partial charge in [0, 0.05) is 6.07 Å². The highest BCUT2D eigenvalue weighted by molar-refractivity contribution is 6.05. The fourth-order valence-corrected chi connectivity index (χ4v) is 1.73. The highest BCUT2D eigenvalue weighted by Gasteiger charge is 2.20. The van der Waals surface area contributed by atoms with E-state index in [1.54, 1.807) is 0 Å². The van der Waals surface area contributed by atoms with E-state index in [0.717, 1.165) is 24.3 Å². The molecule has 0 atom stereocenters. The number of carbonyl (C=O) groups is 1. The normalized spacial score (nSPS) is 10.3. The largest absolute Gasteiger partial charge is 0.494 e. The average Bonchev–Trinajstić information content (AvgIpc) is 2.45. The van der Waals surface area contributed by atoms with Crippen molar-refractivity contribution in [2.75, 3.05) is 18.2 Å². The Morgan fingerprint density at radius 3 is 2.57 bits per heavy atom. The van der Waals surface area contributed by atoms with Crippen LogP contribution in [-0.2, 0) is 0 Å². The molecule has 0 aliphatic rings. The third-order valence-corrected chi connectivity index (χ3v) is 2.76. The number of rotatable bonds is 3. The van der Waals surface area contributed by atoms with Gasteiger partial charge in [0.05, 0.1) is 18.5 Å². The highest BCUT2D eigenvalue weighted by Crippen LogP contribution is 2.27. The number of nitrogens with one attached hydrogen (secondary N) is 1. The van der Waals surface area contributed by atoms with Crippen LogP contribution in [0.5, 0.6) is 5.75 Å². The first-order valence-electron chi connectivity index (χ1n) is 5.82. The van der Waals surface area contributed by atoms with Crippen LogP contribution in [0.4, 0.5) is 24.5 Å². The summed E-state index contributed by atoms with van der Waals surface area (Å²) in [4.78, 5) is 12.0. The lowest BCUT2D eigenvalue weighted by atomic mass is 10.1. The summed E-state index contributed by atoms with van der Waals surface area (Å²) in [6.07, 6.45) is 0. The molecule has 0 unspecified atom stereocenters. The van der Waals surface area contributed by atoms with Crippen LogP contribution in [0, 0.1) is 17.5 Å². The molecule has 0 bridgehead atoms. The Labute approximate surface area is 118 Å². The zero-order valence-corrected chi connectivity index (χ0v) is 10.9. The molecular formula is C14H11F3N2O2. The Morgan fingerprint density at radius 2 is 1.90 bits per heavy atom. The van der Waals surface area contributed by atoms with Gasteiger partial charge in [-0.1, -0.05) is 0 Å². The number of ether oxygens (including phenoxy) is 1. The Kier molecular flexibility index (Phi) is 4.02. The first kappa shape index (κ1) is 14.7. The Balaban J connectivity index is 2.37. The summed E-state index contributed by atoms with van der Waals surface area (Å²) in [5.41, 5.74) is 4.20. The smallest absolute Gasteiger partial charge is 0.261 e. The van der Waals surface area contributed by atoms with Crippen LogP contribution in [0.1, 0.15) is 10.4 Å². The van der Waals surface area contributed by atoms with Crippen LogP contribution in [0.25, 0.3) is 0 Å². The quantitative estimate of drug-likeness (QED) is 0.856. The van der Waals surface area contributed by atoms with E-state index in [9.17, 15) is 18.0 Å². The summed E-state index contributed by atoms with van der Waals surface area (Å²) in [7, 11) is 1.27. The molecule has 1 amide bonds. The predicted molar refractivity (Wildman–Crippen MR) is 71.7 cm³/mol. The van der Waals surface area contributed by atoms with Crippen LogP contribution < -0.4 is 15.8 Å². The minimum Gasteiger partial charge on any atom is -0.494 e. The van der Waals surface area contributed by atoms with Crippen molar-refractivity contribution < 1.29 is 22.7 Å². The van der Waals surface area contributed by atoms with Crippen LogP contribution >= 0.6 is 0 Å². The summed E-state index contributed by atoms with van der Waals surface area (Å²) in [6, 6.07) is 5.22. The molecule has 0 spiro atoms. The lowest BCUT2D eigenvalue weighted by Crippen LogP contribution is -2.17. The van der Waals surface area contributed by atoms with Gasteiger partial charge < -0.3 is 15.8 Å². The number of nitrogens with two attached hydrogens (primary N) is 1. The van der Waals surface area contributed by atoms with Gasteiger partial charge in [0.25, 0.3) is 5.91 Å². The minimum absolute atomic E-state index is 0.0214. The van der Waals surface area contributed by atoms with E-state index in [2.05, 4.69) is 5.32 Å². The van der Waals surface area contributed by atoms with Crippen molar-refractivity contribution in [2.45, 2.75) is 0 Å². The molecule has 21 heavy (non-hydrogen) atoms. The Morgan fingerprint density at radius 1 is 1.19 bits per heavy atom. The molecule has 2 aromatic carbocycles. The van der Waals surface area contributed by atoms with Gasteiger partial charge in [0.15, 0.2) is 5.82 Å². The number of methoxy groups -OCH3 is 1. The second-order valence-corrected chi connectivity index (χ2v) is 4.12. The highest BCUT2D eigenvalue weighted by atomic mass is 19.1. The van der Waals surface area contributed by atoms with Gasteiger partial charge in [-0.2, -0.15) is 0 Å². The number of halogens is 3. The number of benzene rings is 2. The predicted octanol–water partition coefficient (Wildman–Crippen LogP) is 2.95. The van der Waals surface area contributed by atoms with E-state index >= 15 is 0 Å². The van der Waals surface area contributed by atoms with Gasteiger partial charge in [-0.05, 0) is 24.3 Å². The molecule has 2 rings (SSSR count). The van der Waals surface area contributed by atoms with Gasteiger partial charge in [0.1, 0.15) is 22.9 Å². The molecule has 0 aromatic heterocycles. The van der Waals surface area contributed by atoms with Crippen molar-refractivity contribution in [1.29, 1.82) is 0 Å². The second-order valence-electron chi connectivity index (χ2n) is 4.12. The van der Waals surface area contributed by atoms with Crippen LogP contribution in [0.2, 0.25) is 0 Å². The SMILES string of the molecule is COc1cc(F)ccc1NC(=O)c1c(F)ccc(N)c1F. The molecule has 0 aliphatic carbocycles. The third kappa shape index (κ3) is 2.91. The van der Waals surface area contributed by atoms with E-state index in [4.69, 9.17) is 10.5 Å². The molecule has 110 valence electrons. The number of anilines is 2. The first-order chi connectivity index (χ1) is 9.93. The topological polar surface area (TPSA) is 64.3 Å². The van der Waals surface area contributed by atoms with Crippen molar-refractivity contribution in [3.63, 3.8) is 0 Å². The number of amides is 1. The molecule has 0 heterocycles. The molecule has 4 nitrogen and oxygen atoms in total. The standard InChI is InChI=1S/C14H11F3N2O2/c1-21-11-6-7(15)2-5-10(11)19-14(20)12-8(16)3-4-9(18)13(12)17/h2-6H,18H2,1H3,(H,19,20). The monoisotopic (exact) mass is 296 g/mol. The van der Waals surface area contributed by atoms with Crippen molar-refractivity contribution >= 4 is 17.3 Å². The maximum Gasteiger partial charge on any atom is 0.261 e. The van der Waals surface area contributed by atoms with Crippen LogP contribution in [-0.4, -0.2) is 13.0 Å². The Hall–Kier alpha value is -2.70. The van der Waals surface area contributed by atoms with Crippen molar-refractivity contribution in [2.24, 2.45) is 0 Å². The zero-order chi connectivity index (χ0) is 15.6. The molecule has 2 aromatic rings. The van der Waals surface area contributed by atoms with Crippen LogP contribution in [0.3, 0.4) is 0 Å². The lowest BCUT2D eigenvalue weighted by Gasteiger charge is -2.11. The number of hydrogen-bond acceptors (Lipinski definition) is 3. The van der Waals surface area contributed by atoms with Gasteiger partial charge in [-0.25, -0.2) is 13.2 Å². The number of hydrogen-bond donors (Lipinski definition) is 2. The summed E-state index contributed by atoms with van der Waals surface area (Å²) < 4.78 is 45.3. The van der Waals surface area contributed by atoms with Crippen molar-refractivity contribution in [1.82, 2.24) is 0 Å². The lowest BCUT2D eigenvalue weighted by molar-refractivity contribution is 0.101. The van der Waals surface area contributed by atoms with Gasteiger partial charge in [-0.15, -0.1) is 0 Å². The second kappa shape index (κ2) is 5.74. The zero-order valence-electron chi connectivity index (χ0n) is 10.9. The third-order valence-electron chi connectivity index (χ3n) is 2.76. The molecule has 0 saturated carbocycles. The molecule has 0 radical (unpaired) electrons. The fourth-order valence-electron chi connectivity index (χ4n) is 1.73. The van der Waals surface area contributed by atoms with Gasteiger partial charge >= 0.3 is 0 Å². The number of carbonyl (C=O) groups excluding carboxylic acids is 1. The Bertz CT molecular complexity index is 705. The minimum atomic E-state index is -1.16. The van der Waals surface area contributed by atoms with E-state index in [1.807, 2.05) is 0 Å². The summed E-state index contributed by atoms with van der Waals surface area (Å²) in [6.45, 7) is 0.